The minimum Gasteiger partial charge on any atom is -0.384 e. The molecule has 3 rings (SSSR count). The molecule has 1 aliphatic heterocycles. The van der Waals surface area contributed by atoms with Gasteiger partial charge in [-0.05, 0) is 48.4 Å². The highest BCUT2D eigenvalue weighted by molar-refractivity contribution is 6.42. The molecule has 3 N–H and O–H groups in total. The number of halogens is 2. The number of nitrogens with one attached hydrogen (secondary N) is 3. The first kappa shape index (κ1) is 14.0. The van der Waals surface area contributed by atoms with E-state index < -0.39 is 0 Å². The second-order valence-corrected chi connectivity index (χ2v) is 5.57. The minimum absolute atomic E-state index is 0.320. The standard InChI is InChI=1S/C15H13Cl2N3O/c16-12-3-1-11(8-13(12)17)20-15(21)19-10-2-4-14-9(7-10)5-6-18-14/h1-4,7-8,18H,5-6H2,(H2,19,20,21). The van der Waals surface area contributed by atoms with Crippen molar-refractivity contribution < 1.29 is 4.79 Å². The second-order valence-electron chi connectivity index (χ2n) is 4.76. The molecule has 6 heteroatoms. The summed E-state index contributed by atoms with van der Waals surface area (Å²) < 4.78 is 0. The maximum absolute atomic E-state index is 12.0. The number of benzene rings is 2. The summed E-state index contributed by atoms with van der Waals surface area (Å²) >= 11 is 11.7. The molecule has 2 aromatic carbocycles. The number of hydrogen-bond donors (Lipinski definition) is 3. The van der Waals surface area contributed by atoms with E-state index in [0.717, 1.165) is 24.3 Å². The van der Waals surface area contributed by atoms with Crippen molar-refractivity contribution >= 4 is 46.3 Å². The molecule has 2 aromatic rings. The molecule has 0 atom stereocenters. The summed E-state index contributed by atoms with van der Waals surface area (Å²) in [5, 5.41) is 9.65. The van der Waals surface area contributed by atoms with Crippen LogP contribution in [0.25, 0.3) is 0 Å². The molecule has 1 heterocycles. The normalized spacial score (nSPS) is 12.5. The van der Waals surface area contributed by atoms with E-state index in [1.807, 2.05) is 18.2 Å². The molecule has 0 aliphatic carbocycles. The molecule has 21 heavy (non-hydrogen) atoms. The Morgan fingerprint density at radius 3 is 2.48 bits per heavy atom. The maximum atomic E-state index is 12.0. The number of urea groups is 1. The first-order valence-electron chi connectivity index (χ1n) is 6.52. The Morgan fingerprint density at radius 2 is 1.71 bits per heavy atom. The van der Waals surface area contributed by atoms with Crippen molar-refractivity contribution in [1.29, 1.82) is 0 Å². The van der Waals surface area contributed by atoms with Crippen molar-refractivity contribution in [1.82, 2.24) is 0 Å². The lowest BCUT2D eigenvalue weighted by atomic mass is 10.1. The van der Waals surface area contributed by atoms with E-state index in [9.17, 15) is 4.79 Å². The quantitative estimate of drug-likeness (QED) is 0.756. The highest BCUT2D eigenvalue weighted by Crippen LogP contribution is 2.26. The summed E-state index contributed by atoms with van der Waals surface area (Å²) in [5.74, 6) is 0. The van der Waals surface area contributed by atoms with E-state index in [-0.39, 0.29) is 6.03 Å². The lowest BCUT2D eigenvalue weighted by Crippen LogP contribution is -2.19. The average Bonchev–Trinajstić information content (AvgIpc) is 2.90. The number of amides is 2. The second kappa shape index (κ2) is 5.84. The van der Waals surface area contributed by atoms with Crippen LogP contribution in [0.15, 0.2) is 36.4 Å². The fourth-order valence-electron chi connectivity index (χ4n) is 2.25. The zero-order valence-electron chi connectivity index (χ0n) is 11.0. The van der Waals surface area contributed by atoms with Gasteiger partial charge in [-0.3, -0.25) is 0 Å². The molecular formula is C15H13Cl2N3O. The van der Waals surface area contributed by atoms with E-state index in [4.69, 9.17) is 23.2 Å². The van der Waals surface area contributed by atoms with Gasteiger partial charge in [-0.15, -0.1) is 0 Å². The predicted molar refractivity (Wildman–Crippen MR) is 87.7 cm³/mol. The summed E-state index contributed by atoms with van der Waals surface area (Å²) in [6, 6.07) is 10.4. The lowest BCUT2D eigenvalue weighted by Gasteiger charge is -2.09. The first-order valence-corrected chi connectivity index (χ1v) is 7.27. The number of rotatable bonds is 2. The number of carbonyl (C=O) groups is 1. The van der Waals surface area contributed by atoms with Crippen molar-refractivity contribution in [2.24, 2.45) is 0 Å². The Balaban J connectivity index is 1.67. The van der Waals surface area contributed by atoms with Crippen molar-refractivity contribution in [3.05, 3.63) is 52.0 Å². The van der Waals surface area contributed by atoms with Gasteiger partial charge in [0.25, 0.3) is 0 Å². The van der Waals surface area contributed by atoms with E-state index in [2.05, 4.69) is 16.0 Å². The smallest absolute Gasteiger partial charge is 0.323 e. The fourth-order valence-corrected chi connectivity index (χ4v) is 2.55. The minimum atomic E-state index is -0.320. The van der Waals surface area contributed by atoms with Crippen molar-refractivity contribution in [3.63, 3.8) is 0 Å². The van der Waals surface area contributed by atoms with Gasteiger partial charge >= 0.3 is 6.03 Å². The Labute approximate surface area is 132 Å². The molecule has 0 aromatic heterocycles. The zero-order chi connectivity index (χ0) is 14.8. The van der Waals surface area contributed by atoms with Crippen LogP contribution in [0.5, 0.6) is 0 Å². The number of fused-ring (bicyclic) bond motifs is 1. The Kier molecular flexibility index (Phi) is 3.90. The van der Waals surface area contributed by atoms with E-state index in [0.29, 0.717) is 15.7 Å². The summed E-state index contributed by atoms with van der Waals surface area (Å²) in [7, 11) is 0. The summed E-state index contributed by atoms with van der Waals surface area (Å²) in [4.78, 5) is 12.0. The molecule has 0 unspecified atom stereocenters. The van der Waals surface area contributed by atoms with Crippen LogP contribution in [0.2, 0.25) is 10.0 Å². The van der Waals surface area contributed by atoms with Gasteiger partial charge in [0.1, 0.15) is 0 Å². The number of carbonyl (C=O) groups excluding carboxylic acids is 1. The molecule has 0 fully saturated rings. The van der Waals surface area contributed by atoms with Gasteiger partial charge in [-0.1, -0.05) is 23.2 Å². The highest BCUT2D eigenvalue weighted by Gasteiger charge is 2.11. The molecule has 2 amide bonds. The van der Waals surface area contributed by atoms with Crippen LogP contribution in [0.1, 0.15) is 5.56 Å². The van der Waals surface area contributed by atoms with Crippen molar-refractivity contribution in [2.75, 3.05) is 22.5 Å². The molecule has 0 saturated carbocycles. The Bertz CT molecular complexity index is 703. The van der Waals surface area contributed by atoms with E-state index in [1.165, 1.54) is 5.56 Å². The predicted octanol–water partition coefficient (Wildman–Crippen LogP) is 4.61. The van der Waals surface area contributed by atoms with Crippen LogP contribution >= 0.6 is 23.2 Å². The topological polar surface area (TPSA) is 53.2 Å². The Hall–Kier alpha value is -1.91. The number of anilines is 3. The molecule has 0 spiro atoms. The molecule has 4 nitrogen and oxygen atoms in total. The number of hydrogen-bond acceptors (Lipinski definition) is 2. The summed E-state index contributed by atoms with van der Waals surface area (Å²) in [6.45, 7) is 0.939. The van der Waals surface area contributed by atoms with E-state index >= 15 is 0 Å². The third kappa shape index (κ3) is 3.23. The van der Waals surface area contributed by atoms with Gasteiger partial charge in [-0.2, -0.15) is 0 Å². The van der Waals surface area contributed by atoms with E-state index in [1.54, 1.807) is 18.2 Å². The van der Waals surface area contributed by atoms with Crippen LogP contribution in [0, 0.1) is 0 Å². The van der Waals surface area contributed by atoms with Gasteiger partial charge in [0.05, 0.1) is 10.0 Å². The van der Waals surface area contributed by atoms with Crippen LogP contribution in [-0.4, -0.2) is 12.6 Å². The maximum Gasteiger partial charge on any atom is 0.323 e. The summed E-state index contributed by atoms with van der Waals surface area (Å²) in [6.07, 6.45) is 0.971. The van der Waals surface area contributed by atoms with Gasteiger partial charge in [0.15, 0.2) is 0 Å². The molecular weight excluding hydrogens is 309 g/mol. The van der Waals surface area contributed by atoms with Gasteiger partial charge < -0.3 is 16.0 Å². The van der Waals surface area contributed by atoms with Gasteiger partial charge in [0.2, 0.25) is 0 Å². The van der Waals surface area contributed by atoms with Crippen LogP contribution in [-0.2, 0) is 6.42 Å². The molecule has 0 radical (unpaired) electrons. The monoisotopic (exact) mass is 321 g/mol. The average molecular weight is 322 g/mol. The third-order valence-electron chi connectivity index (χ3n) is 3.25. The van der Waals surface area contributed by atoms with Crippen LogP contribution in [0.3, 0.4) is 0 Å². The van der Waals surface area contributed by atoms with Gasteiger partial charge in [-0.25, -0.2) is 4.79 Å². The first-order chi connectivity index (χ1) is 10.1. The fraction of sp³-hybridized carbons (Fsp3) is 0.133. The lowest BCUT2D eigenvalue weighted by molar-refractivity contribution is 0.262. The SMILES string of the molecule is O=C(Nc1ccc(Cl)c(Cl)c1)Nc1ccc2c(c1)CCN2. The highest BCUT2D eigenvalue weighted by atomic mass is 35.5. The molecule has 1 aliphatic rings. The largest absolute Gasteiger partial charge is 0.384 e. The molecule has 108 valence electrons. The summed E-state index contributed by atoms with van der Waals surface area (Å²) in [5.41, 5.74) is 3.69. The molecule has 0 bridgehead atoms. The van der Waals surface area contributed by atoms with Crippen molar-refractivity contribution in [3.8, 4) is 0 Å². The van der Waals surface area contributed by atoms with Crippen molar-refractivity contribution in [2.45, 2.75) is 6.42 Å². The van der Waals surface area contributed by atoms with Crippen LogP contribution in [0.4, 0.5) is 21.9 Å². The molecule has 0 saturated heterocycles. The Morgan fingerprint density at radius 1 is 1.00 bits per heavy atom. The van der Waals surface area contributed by atoms with Gasteiger partial charge in [0, 0.05) is 23.6 Å². The van der Waals surface area contributed by atoms with Crippen LogP contribution < -0.4 is 16.0 Å². The zero-order valence-corrected chi connectivity index (χ0v) is 12.6. The third-order valence-corrected chi connectivity index (χ3v) is 3.99.